The SMILES string of the molecule is CC(C)(C)OC(=O)N1CCC(c2nc3cc(Cl)c(Cl)cc3n2Cc2ccc(CNCCCCCCCCN)cc2)CC1. The maximum Gasteiger partial charge on any atom is 0.410 e. The highest BCUT2D eigenvalue weighted by atomic mass is 35.5. The summed E-state index contributed by atoms with van der Waals surface area (Å²) < 4.78 is 7.86. The number of imidazole rings is 1. The third kappa shape index (κ3) is 9.34. The molecule has 42 heavy (non-hydrogen) atoms. The van der Waals surface area contributed by atoms with Crippen LogP contribution in [0.4, 0.5) is 4.79 Å². The van der Waals surface area contributed by atoms with Crippen LogP contribution < -0.4 is 11.1 Å². The van der Waals surface area contributed by atoms with Crippen molar-refractivity contribution in [1.29, 1.82) is 0 Å². The number of aromatic nitrogens is 2. The summed E-state index contributed by atoms with van der Waals surface area (Å²) in [6.45, 7) is 10.4. The van der Waals surface area contributed by atoms with Gasteiger partial charge in [-0.2, -0.15) is 0 Å². The number of fused-ring (bicyclic) bond motifs is 1. The predicted molar refractivity (Wildman–Crippen MR) is 174 cm³/mol. The zero-order chi connectivity index (χ0) is 30.1. The van der Waals surface area contributed by atoms with Crippen molar-refractivity contribution >= 4 is 40.3 Å². The van der Waals surface area contributed by atoms with E-state index in [1.54, 1.807) is 4.90 Å². The molecule has 2 heterocycles. The largest absolute Gasteiger partial charge is 0.444 e. The van der Waals surface area contributed by atoms with Gasteiger partial charge in [0.05, 0.1) is 21.1 Å². The minimum Gasteiger partial charge on any atom is -0.444 e. The molecule has 0 atom stereocenters. The smallest absolute Gasteiger partial charge is 0.410 e. The molecule has 3 N–H and O–H groups in total. The van der Waals surface area contributed by atoms with Crippen molar-refractivity contribution in [2.75, 3.05) is 26.2 Å². The lowest BCUT2D eigenvalue weighted by atomic mass is 9.96. The Morgan fingerprint density at radius 1 is 0.976 bits per heavy atom. The van der Waals surface area contributed by atoms with E-state index in [4.69, 9.17) is 38.7 Å². The number of ether oxygens (including phenoxy) is 1. The molecule has 4 rings (SSSR count). The summed E-state index contributed by atoms with van der Waals surface area (Å²) in [5.41, 5.74) is 9.36. The summed E-state index contributed by atoms with van der Waals surface area (Å²) in [5, 5.41) is 4.61. The fraction of sp³-hybridized carbons (Fsp3) is 0.576. The molecular weight excluding hydrogens is 569 g/mol. The molecule has 3 aromatic rings. The van der Waals surface area contributed by atoms with Crippen molar-refractivity contribution in [3.05, 3.63) is 63.4 Å². The van der Waals surface area contributed by atoms with Crippen LogP contribution in [0, 0.1) is 0 Å². The first-order chi connectivity index (χ1) is 20.1. The number of carbonyl (C=O) groups excluding carboxylic acids is 1. The Kier molecular flexibility index (Phi) is 12.0. The summed E-state index contributed by atoms with van der Waals surface area (Å²) in [4.78, 5) is 19.5. The highest BCUT2D eigenvalue weighted by Gasteiger charge is 2.30. The molecule has 0 aliphatic carbocycles. The highest BCUT2D eigenvalue weighted by molar-refractivity contribution is 6.42. The number of hydrogen-bond acceptors (Lipinski definition) is 5. The van der Waals surface area contributed by atoms with E-state index in [-0.39, 0.29) is 12.0 Å². The first-order valence-electron chi connectivity index (χ1n) is 15.5. The van der Waals surface area contributed by atoms with E-state index < -0.39 is 5.60 Å². The maximum absolute atomic E-state index is 12.6. The molecule has 2 aromatic carbocycles. The van der Waals surface area contributed by atoms with Crippen molar-refractivity contribution in [2.45, 2.75) is 96.7 Å². The highest BCUT2D eigenvalue weighted by Crippen LogP contribution is 2.34. The zero-order valence-corrected chi connectivity index (χ0v) is 26.9. The standard InChI is InChI=1S/C33H47Cl2N5O2/c1-33(2,3)42-32(41)39-18-14-26(15-19-39)31-38-29-20-27(34)28(35)21-30(29)40(31)23-25-12-10-24(11-13-25)22-37-17-9-7-5-4-6-8-16-36/h10-13,20-21,26,37H,4-9,14-19,22-23,36H2,1-3H3. The second-order valence-electron chi connectivity index (χ2n) is 12.5. The molecule has 230 valence electrons. The second-order valence-corrected chi connectivity index (χ2v) is 13.3. The molecule has 0 saturated carbocycles. The minimum absolute atomic E-state index is 0.220. The van der Waals surface area contributed by atoms with Gasteiger partial charge in [-0.05, 0) is 82.8 Å². The van der Waals surface area contributed by atoms with Crippen LogP contribution in [-0.2, 0) is 17.8 Å². The lowest BCUT2D eigenvalue weighted by Crippen LogP contribution is -2.41. The molecule has 1 aliphatic heterocycles. The summed E-state index contributed by atoms with van der Waals surface area (Å²) in [6.07, 6.45) is 8.85. The van der Waals surface area contributed by atoms with Gasteiger partial charge in [-0.25, -0.2) is 9.78 Å². The van der Waals surface area contributed by atoms with Crippen molar-refractivity contribution in [3.63, 3.8) is 0 Å². The van der Waals surface area contributed by atoms with Gasteiger partial charge >= 0.3 is 6.09 Å². The Labute approximate surface area is 261 Å². The molecule has 1 amide bonds. The van der Waals surface area contributed by atoms with Crippen LogP contribution >= 0.6 is 23.2 Å². The van der Waals surface area contributed by atoms with Crippen LogP contribution in [-0.4, -0.2) is 52.3 Å². The Hall–Kier alpha value is -2.32. The van der Waals surface area contributed by atoms with Gasteiger partial charge in [-0.1, -0.05) is 73.2 Å². The van der Waals surface area contributed by atoms with Crippen molar-refractivity contribution < 1.29 is 9.53 Å². The van der Waals surface area contributed by atoms with E-state index >= 15 is 0 Å². The first kappa shape index (κ1) is 32.6. The van der Waals surface area contributed by atoms with Gasteiger partial charge in [0.15, 0.2) is 0 Å². The van der Waals surface area contributed by atoms with Gasteiger partial charge in [0, 0.05) is 32.1 Å². The van der Waals surface area contributed by atoms with Gasteiger partial charge in [-0.3, -0.25) is 0 Å². The molecule has 1 fully saturated rings. The average molecular weight is 617 g/mol. The van der Waals surface area contributed by atoms with Crippen molar-refractivity contribution in [1.82, 2.24) is 19.8 Å². The first-order valence-corrected chi connectivity index (χ1v) is 16.2. The Morgan fingerprint density at radius 3 is 2.26 bits per heavy atom. The molecule has 7 nitrogen and oxygen atoms in total. The van der Waals surface area contributed by atoms with E-state index in [9.17, 15) is 4.79 Å². The molecule has 0 spiro atoms. The third-order valence-electron chi connectivity index (χ3n) is 7.83. The number of benzene rings is 2. The van der Waals surface area contributed by atoms with E-state index in [1.165, 1.54) is 43.2 Å². The van der Waals surface area contributed by atoms with Crippen LogP contribution in [0.25, 0.3) is 11.0 Å². The Morgan fingerprint density at radius 2 is 1.60 bits per heavy atom. The monoisotopic (exact) mass is 615 g/mol. The Balaban J connectivity index is 1.38. The van der Waals surface area contributed by atoms with Crippen LogP contribution in [0.5, 0.6) is 0 Å². The second kappa shape index (κ2) is 15.4. The number of nitrogens with zero attached hydrogens (tertiary/aromatic N) is 3. The molecule has 9 heteroatoms. The van der Waals surface area contributed by atoms with Crippen LogP contribution in [0.2, 0.25) is 10.0 Å². The number of amides is 1. The number of halogens is 2. The van der Waals surface area contributed by atoms with Crippen LogP contribution in [0.1, 0.15) is 95.0 Å². The molecule has 1 aliphatic rings. The topological polar surface area (TPSA) is 85.4 Å². The fourth-order valence-corrected chi connectivity index (χ4v) is 5.86. The van der Waals surface area contributed by atoms with Gasteiger partial charge in [-0.15, -0.1) is 0 Å². The van der Waals surface area contributed by atoms with E-state index in [1.807, 2.05) is 32.9 Å². The number of nitrogens with two attached hydrogens (primary N) is 1. The number of carbonyl (C=O) groups is 1. The summed E-state index contributed by atoms with van der Waals surface area (Å²) in [5.74, 6) is 1.23. The van der Waals surface area contributed by atoms with Gasteiger partial charge < -0.3 is 25.3 Å². The zero-order valence-electron chi connectivity index (χ0n) is 25.4. The molecule has 1 saturated heterocycles. The number of nitrogens with one attached hydrogen (secondary N) is 1. The average Bonchev–Trinajstić information content (AvgIpc) is 3.29. The van der Waals surface area contributed by atoms with Crippen molar-refractivity contribution in [2.24, 2.45) is 5.73 Å². The third-order valence-corrected chi connectivity index (χ3v) is 8.55. The number of unbranched alkanes of at least 4 members (excludes halogenated alkanes) is 5. The van der Waals surface area contributed by atoms with Gasteiger partial charge in [0.2, 0.25) is 0 Å². The van der Waals surface area contributed by atoms with Gasteiger partial charge in [0.1, 0.15) is 11.4 Å². The summed E-state index contributed by atoms with van der Waals surface area (Å²) in [6, 6.07) is 12.6. The molecule has 1 aromatic heterocycles. The van der Waals surface area contributed by atoms with Crippen LogP contribution in [0.3, 0.4) is 0 Å². The molecule has 0 bridgehead atoms. The molecular formula is C33H47Cl2N5O2. The number of rotatable bonds is 13. The lowest BCUT2D eigenvalue weighted by Gasteiger charge is -2.33. The summed E-state index contributed by atoms with van der Waals surface area (Å²) >= 11 is 12.8. The van der Waals surface area contributed by atoms with E-state index in [0.29, 0.717) is 29.7 Å². The van der Waals surface area contributed by atoms with Crippen LogP contribution in [0.15, 0.2) is 36.4 Å². The maximum atomic E-state index is 12.6. The normalized spacial score (nSPS) is 14.6. The van der Waals surface area contributed by atoms with E-state index in [2.05, 4.69) is 34.1 Å². The predicted octanol–water partition coefficient (Wildman–Crippen LogP) is 7.89. The number of hydrogen-bond donors (Lipinski definition) is 2. The number of likely N-dealkylation sites (tertiary alicyclic amines) is 1. The molecule has 0 unspecified atom stereocenters. The number of piperidine rings is 1. The Bertz CT molecular complexity index is 1290. The summed E-state index contributed by atoms with van der Waals surface area (Å²) in [7, 11) is 0. The van der Waals surface area contributed by atoms with E-state index in [0.717, 1.165) is 55.8 Å². The fourth-order valence-electron chi connectivity index (χ4n) is 5.54. The quantitative estimate of drug-likeness (QED) is 0.191. The minimum atomic E-state index is -0.504. The lowest BCUT2D eigenvalue weighted by molar-refractivity contribution is 0.0202. The van der Waals surface area contributed by atoms with Crippen molar-refractivity contribution in [3.8, 4) is 0 Å². The molecule has 0 radical (unpaired) electrons. The van der Waals surface area contributed by atoms with Gasteiger partial charge in [0.25, 0.3) is 0 Å².